The van der Waals surface area contributed by atoms with E-state index in [0.717, 1.165) is 0 Å². The fraction of sp³-hybridized carbons (Fsp3) is 0.300. The molecule has 96 valence electrons. The zero-order valence-corrected chi connectivity index (χ0v) is 10.2. The van der Waals surface area contributed by atoms with E-state index < -0.39 is 16.1 Å². The van der Waals surface area contributed by atoms with E-state index in [2.05, 4.69) is 5.73 Å². The third-order valence-electron chi connectivity index (χ3n) is 1.49. The number of nitrogens with two attached hydrogens (primary N) is 1. The molecule has 0 aromatic heterocycles. The molecule has 0 aliphatic heterocycles. The van der Waals surface area contributed by atoms with Gasteiger partial charge in [-0.25, -0.2) is 0 Å². The summed E-state index contributed by atoms with van der Waals surface area (Å²) < 4.78 is 26.6. The molecule has 0 spiro atoms. The minimum atomic E-state index is -3.37. The first-order valence-corrected chi connectivity index (χ1v) is 6.38. The zero-order chi connectivity index (χ0) is 13.3. The monoisotopic (exact) mass is 261 g/mol. The molecule has 0 unspecified atom stereocenters. The van der Waals surface area contributed by atoms with Gasteiger partial charge >= 0.3 is 16.1 Å². The van der Waals surface area contributed by atoms with E-state index >= 15 is 0 Å². The maximum absolute atomic E-state index is 10.9. The summed E-state index contributed by atoms with van der Waals surface area (Å²) in [5.41, 5.74) is 4.57. The number of para-hydroxylation sites is 1. The Morgan fingerprint density at radius 2 is 1.82 bits per heavy atom. The van der Waals surface area contributed by atoms with Crippen molar-refractivity contribution in [1.29, 1.82) is 0 Å². The van der Waals surface area contributed by atoms with Crippen LogP contribution in [-0.2, 0) is 14.9 Å². The van der Waals surface area contributed by atoms with E-state index in [9.17, 15) is 13.2 Å². The molecule has 0 radical (unpaired) electrons. The lowest BCUT2D eigenvalue weighted by molar-refractivity contribution is -0.135. The average Bonchev–Trinajstić information content (AvgIpc) is 2.30. The fourth-order valence-corrected chi connectivity index (χ4v) is 1.20. The lowest BCUT2D eigenvalue weighted by atomic mass is 10.3. The van der Waals surface area contributed by atoms with Gasteiger partial charge in [0.05, 0.1) is 12.3 Å². The molecule has 7 heteroatoms. The van der Waals surface area contributed by atoms with E-state index in [1.54, 1.807) is 30.3 Å². The summed E-state index contributed by atoms with van der Waals surface area (Å²) in [5, 5.41) is 7.60. The fourth-order valence-electron chi connectivity index (χ4n) is 0.682. The smallest absolute Gasteiger partial charge is 0.317 e. The lowest BCUT2D eigenvalue weighted by Crippen LogP contribution is -2.11. The number of hydrogen-bond acceptors (Lipinski definition) is 5. The minimum absolute atomic E-state index is 0.0120. The Morgan fingerprint density at radius 3 is 2.18 bits per heavy atom. The standard InChI is InChI=1S/C8H10O3S.C2H5NO2/c1-2-12(9,10)11-8-6-4-3-5-7-8;3-1-2(4)5/h3-7H,2H2,1H3;1,3H2,(H,4,5). The van der Waals surface area contributed by atoms with Crippen LogP contribution < -0.4 is 9.92 Å². The number of carboxylic acids is 1. The van der Waals surface area contributed by atoms with E-state index in [1.807, 2.05) is 0 Å². The van der Waals surface area contributed by atoms with Crippen molar-refractivity contribution in [2.45, 2.75) is 6.92 Å². The van der Waals surface area contributed by atoms with Gasteiger partial charge in [-0.1, -0.05) is 18.2 Å². The lowest BCUT2D eigenvalue weighted by Gasteiger charge is -2.02. The summed E-state index contributed by atoms with van der Waals surface area (Å²) in [5.74, 6) is -0.619. The first-order valence-electron chi connectivity index (χ1n) is 4.80. The van der Waals surface area contributed by atoms with Crippen LogP contribution in [-0.4, -0.2) is 31.8 Å². The molecular weight excluding hydrogens is 246 g/mol. The molecule has 0 saturated heterocycles. The highest BCUT2D eigenvalue weighted by Crippen LogP contribution is 2.11. The topological polar surface area (TPSA) is 107 Å². The predicted octanol–water partition coefficient (Wildman–Crippen LogP) is 0.445. The largest absolute Gasteiger partial charge is 0.480 e. The van der Waals surface area contributed by atoms with E-state index in [4.69, 9.17) is 9.29 Å². The first-order chi connectivity index (χ1) is 7.91. The number of carboxylic acid groups (broad SMARTS) is 1. The van der Waals surface area contributed by atoms with Crippen LogP contribution in [0.15, 0.2) is 30.3 Å². The predicted molar refractivity (Wildman–Crippen MR) is 63.2 cm³/mol. The number of benzene rings is 1. The highest BCUT2D eigenvalue weighted by Gasteiger charge is 2.07. The van der Waals surface area contributed by atoms with Gasteiger partial charge < -0.3 is 15.0 Å². The van der Waals surface area contributed by atoms with E-state index in [0.29, 0.717) is 5.75 Å². The van der Waals surface area contributed by atoms with Crippen LogP contribution in [0.2, 0.25) is 0 Å². The summed E-state index contributed by atoms with van der Waals surface area (Å²) in [6, 6.07) is 8.45. The molecule has 0 aliphatic rings. The quantitative estimate of drug-likeness (QED) is 0.762. The Labute approximate surface area is 100 Å². The molecule has 6 nitrogen and oxygen atoms in total. The van der Waals surface area contributed by atoms with Gasteiger partial charge in [0, 0.05) is 0 Å². The molecule has 0 bridgehead atoms. The number of carbonyl (C=O) groups is 1. The van der Waals surface area contributed by atoms with Crippen molar-refractivity contribution < 1.29 is 22.5 Å². The van der Waals surface area contributed by atoms with Crippen LogP contribution in [0.3, 0.4) is 0 Å². The number of aliphatic carboxylic acids is 1. The van der Waals surface area contributed by atoms with Crippen LogP contribution in [0.1, 0.15) is 6.92 Å². The molecule has 0 atom stereocenters. The van der Waals surface area contributed by atoms with E-state index in [-0.39, 0.29) is 12.3 Å². The molecule has 1 rings (SSSR count). The average molecular weight is 261 g/mol. The van der Waals surface area contributed by atoms with Gasteiger partial charge in [0.2, 0.25) is 0 Å². The third kappa shape index (κ3) is 8.23. The Hall–Kier alpha value is -1.60. The van der Waals surface area contributed by atoms with Crippen molar-refractivity contribution in [2.24, 2.45) is 5.73 Å². The number of hydrogen-bond donors (Lipinski definition) is 2. The zero-order valence-electron chi connectivity index (χ0n) is 9.37. The Morgan fingerprint density at radius 1 is 1.35 bits per heavy atom. The highest BCUT2D eigenvalue weighted by molar-refractivity contribution is 7.87. The second-order valence-electron chi connectivity index (χ2n) is 2.84. The first kappa shape index (κ1) is 15.4. The van der Waals surface area contributed by atoms with E-state index in [1.165, 1.54) is 6.92 Å². The summed E-state index contributed by atoms with van der Waals surface area (Å²) in [4.78, 5) is 9.24. The van der Waals surface area contributed by atoms with Crippen LogP contribution in [0, 0.1) is 0 Å². The maximum Gasteiger partial charge on any atom is 0.317 e. The minimum Gasteiger partial charge on any atom is -0.480 e. The molecule has 3 N–H and O–H groups in total. The molecule has 0 fully saturated rings. The SMILES string of the molecule is CCS(=O)(=O)Oc1ccccc1.NCC(=O)O. The third-order valence-corrected chi connectivity index (χ3v) is 2.65. The van der Waals surface area contributed by atoms with Gasteiger partial charge in [-0.15, -0.1) is 0 Å². The second kappa shape index (κ2) is 7.64. The van der Waals surface area contributed by atoms with Crippen LogP contribution in [0.25, 0.3) is 0 Å². The van der Waals surface area contributed by atoms with Crippen molar-refractivity contribution >= 4 is 16.1 Å². The Kier molecular flexibility index (Phi) is 6.92. The maximum atomic E-state index is 10.9. The van der Waals surface area contributed by atoms with Gasteiger partial charge in [0.25, 0.3) is 0 Å². The summed E-state index contributed by atoms with van der Waals surface area (Å²) in [7, 11) is -3.37. The van der Waals surface area contributed by atoms with Gasteiger partial charge in [0.1, 0.15) is 5.75 Å². The summed E-state index contributed by atoms with van der Waals surface area (Å²) in [6.45, 7) is 1.26. The molecule has 1 aromatic carbocycles. The molecule has 0 aliphatic carbocycles. The van der Waals surface area contributed by atoms with Crippen molar-refractivity contribution in [3.05, 3.63) is 30.3 Å². The second-order valence-corrected chi connectivity index (χ2v) is 4.70. The number of rotatable bonds is 4. The summed E-state index contributed by atoms with van der Waals surface area (Å²) >= 11 is 0. The van der Waals surface area contributed by atoms with Gasteiger partial charge in [-0.2, -0.15) is 8.42 Å². The van der Waals surface area contributed by atoms with Crippen molar-refractivity contribution in [1.82, 2.24) is 0 Å². The molecule has 0 amide bonds. The van der Waals surface area contributed by atoms with Crippen molar-refractivity contribution in [3.8, 4) is 5.75 Å². The molecule has 17 heavy (non-hydrogen) atoms. The highest BCUT2D eigenvalue weighted by atomic mass is 32.2. The van der Waals surface area contributed by atoms with Gasteiger partial charge in [0.15, 0.2) is 0 Å². The molecular formula is C10H15NO5S. The van der Waals surface area contributed by atoms with Gasteiger partial charge in [-0.05, 0) is 19.1 Å². The van der Waals surface area contributed by atoms with Crippen LogP contribution in [0.4, 0.5) is 0 Å². The Bertz CT molecular complexity index is 429. The molecule has 1 aromatic rings. The van der Waals surface area contributed by atoms with Crippen LogP contribution >= 0.6 is 0 Å². The van der Waals surface area contributed by atoms with Crippen LogP contribution in [0.5, 0.6) is 5.75 Å². The van der Waals surface area contributed by atoms with Crippen molar-refractivity contribution in [2.75, 3.05) is 12.3 Å². The summed E-state index contributed by atoms with van der Waals surface area (Å²) in [6.07, 6.45) is 0. The Balaban J connectivity index is 0.000000437. The van der Waals surface area contributed by atoms with Gasteiger partial charge in [-0.3, -0.25) is 4.79 Å². The molecule has 0 saturated carbocycles. The van der Waals surface area contributed by atoms with Crippen molar-refractivity contribution in [3.63, 3.8) is 0 Å². The molecule has 0 heterocycles. The normalized spacial score (nSPS) is 10.0.